The summed E-state index contributed by atoms with van der Waals surface area (Å²) in [7, 11) is 1.37. The molecule has 2 amide bonds. The van der Waals surface area contributed by atoms with Crippen molar-refractivity contribution in [1.82, 2.24) is 10.2 Å². The molecule has 2 saturated carbocycles. The molecule has 0 aromatic heterocycles. The number of nitrogens with one attached hydrogen (secondary N) is 1. The molecule has 2 atom stereocenters. The quantitative estimate of drug-likeness (QED) is 0.866. The first-order valence-corrected chi connectivity index (χ1v) is 10.3. The summed E-state index contributed by atoms with van der Waals surface area (Å²) >= 11 is 0. The number of likely N-dealkylation sites (tertiary alicyclic amines) is 1. The zero-order valence-electron chi connectivity index (χ0n) is 17.7. The molecule has 1 aliphatic heterocycles. The lowest BCUT2D eigenvalue weighted by Crippen LogP contribution is -2.58. The molecule has 1 N–H and O–H groups in total. The van der Waals surface area contributed by atoms with Gasteiger partial charge in [-0.3, -0.25) is 4.79 Å². The summed E-state index contributed by atoms with van der Waals surface area (Å²) in [6.45, 7) is 10.4. The van der Waals surface area contributed by atoms with Gasteiger partial charge in [0.15, 0.2) is 0 Å². The summed E-state index contributed by atoms with van der Waals surface area (Å²) in [5, 5.41) is 2.86. The van der Waals surface area contributed by atoms with Crippen molar-refractivity contribution < 1.29 is 14.3 Å². The van der Waals surface area contributed by atoms with Gasteiger partial charge in [-0.25, -0.2) is 4.79 Å². The predicted molar refractivity (Wildman–Crippen MR) is 108 cm³/mol. The summed E-state index contributed by atoms with van der Waals surface area (Å²) in [6.07, 6.45) is 2.15. The minimum absolute atomic E-state index is 0.0117. The van der Waals surface area contributed by atoms with Gasteiger partial charge in [-0.2, -0.15) is 0 Å². The Kier molecular flexibility index (Phi) is 4.29. The van der Waals surface area contributed by atoms with Gasteiger partial charge < -0.3 is 15.0 Å². The summed E-state index contributed by atoms with van der Waals surface area (Å²) in [5.74, 6) is 0.853. The number of carbonyl (C=O) groups is 2. The van der Waals surface area contributed by atoms with Crippen molar-refractivity contribution in [2.75, 3.05) is 20.2 Å². The maximum Gasteiger partial charge on any atom is 0.407 e. The largest absolute Gasteiger partial charge is 0.453 e. The average Bonchev–Trinajstić information content (AvgIpc) is 3.19. The highest BCUT2D eigenvalue weighted by atomic mass is 16.5. The Morgan fingerprint density at radius 3 is 2.57 bits per heavy atom. The molecule has 152 valence electrons. The van der Waals surface area contributed by atoms with Crippen LogP contribution in [0.5, 0.6) is 0 Å². The molecule has 4 rings (SSSR count). The second-order valence-electron chi connectivity index (χ2n) is 10.4. The third kappa shape index (κ3) is 3.19. The monoisotopic (exact) mass is 384 g/mol. The highest BCUT2D eigenvalue weighted by Gasteiger charge is 2.62. The molecule has 2 unspecified atom stereocenters. The van der Waals surface area contributed by atoms with Gasteiger partial charge in [-0.15, -0.1) is 0 Å². The van der Waals surface area contributed by atoms with E-state index in [9.17, 15) is 9.59 Å². The number of methoxy groups -OCH3 is 1. The fourth-order valence-electron chi connectivity index (χ4n) is 5.25. The van der Waals surface area contributed by atoms with Gasteiger partial charge in [0.05, 0.1) is 7.11 Å². The average molecular weight is 385 g/mol. The number of ether oxygens (including phenoxy) is 1. The number of nitrogens with zero attached hydrogens (tertiary/aromatic N) is 1. The number of piperidine rings is 1. The van der Waals surface area contributed by atoms with Crippen LogP contribution in [0.4, 0.5) is 4.79 Å². The molecule has 0 spiro atoms. The van der Waals surface area contributed by atoms with Crippen LogP contribution < -0.4 is 5.32 Å². The standard InChI is InChI=1S/C23H32N2O3/c1-21(2,3)16-7-6-8-17(9-16)23-12-18(23)13-25(14-23)19(26)15-10-22(4,11-15)24-20(27)28-5/h6-9,15,18H,10-14H2,1-5H3,(H,24,27)/t15-,18?,22+,23?. The molecule has 1 aromatic rings. The Morgan fingerprint density at radius 2 is 1.93 bits per heavy atom. The number of hydrogen-bond acceptors (Lipinski definition) is 3. The minimum atomic E-state index is -0.423. The molecular formula is C23H32N2O3. The van der Waals surface area contributed by atoms with Crippen LogP contribution in [-0.2, 0) is 20.4 Å². The third-order valence-electron chi connectivity index (χ3n) is 7.09. The highest BCUT2D eigenvalue weighted by molar-refractivity contribution is 5.82. The molecule has 3 aliphatic rings. The van der Waals surface area contributed by atoms with E-state index in [1.54, 1.807) is 0 Å². The first-order valence-electron chi connectivity index (χ1n) is 10.3. The Labute approximate surface area is 167 Å². The Balaban J connectivity index is 1.40. The molecule has 1 heterocycles. The van der Waals surface area contributed by atoms with E-state index >= 15 is 0 Å². The van der Waals surface area contributed by atoms with Crippen molar-refractivity contribution in [3.8, 4) is 0 Å². The fraction of sp³-hybridized carbons (Fsp3) is 0.652. The van der Waals surface area contributed by atoms with Crippen LogP contribution in [0.25, 0.3) is 0 Å². The van der Waals surface area contributed by atoms with E-state index in [4.69, 9.17) is 0 Å². The van der Waals surface area contributed by atoms with E-state index in [-0.39, 0.29) is 28.2 Å². The Morgan fingerprint density at radius 1 is 1.21 bits per heavy atom. The van der Waals surface area contributed by atoms with Crippen molar-refractivity contribution in [2.45, 2.75) is 63.3 Å². The van der Waals surface area contributed by atoms with Crippen molar-refractivity contribution in [1.29, 1.82) is 0 Å². The predicted octanol–water partition coefficient (Wildman–Crippen LogP) is 3.61. The van der Waals surface area contributed by atoms with Gasteiger partial charge in [0.1, 0.15) is 0 Å². The number of hydrogen-bond donors (Lipinski definition) is 1. The maximum absolute atomic E-state index is 13.0. The number of rotatable bonds is 3. The van der Waals surface area contributed by atoms with Gasteiger partial charge in [-0.1, -0.05) is 45.0 Å². The molecule has 0 radical (unpaired) electrons. The van der Waals surface area contributed by atoms with Crippen LogP contribution >= 0.6 is 0 Å². The maximum atomic E-state index is 13.0. The smallest absolute Gasteiger partial charge is 0.407 e. The lowest BCUT2D eigenvalue weighted by atomic mass is 9.69. The summed E-state index contributed by atoms with van der Waals surface area (Å²) in [6, 6.07) is 8.97. The van der Waals surface area contributed by atoms with E-state index in [0.717, 1.165) is 13.1 Å². The number of benzene rings is 1. The molecule has 1 saturated heterocycles. The van der Waals surface area contributed by atoms with Gasteiger partial charge >= 0.3 is 6.09 Å². The van der Waals surface area contributed by atoms with Crippen molar-refractivity contribution in [3.05, 3.63) is 35.4 Å². The SMILES string of the molecule is COC(=O)N[C@]1(C)C[C@H](C(=O)N2CC3CC3(c3cccc(C(C)(C)C)c3)C2)C1. The zero-order valence-corrected chi connectivity index (χ0v) is 17.7. The molecule has 2 aliphatic carbocycles. The second kappa shape index (κ2) is 6.23. The van der Waals surface area contributed by atoms with Crippen LogP contribution in [-0.4, -0.2) is 42.6 Å². The Bertz CT molecular complexity index is 806. The van der Waals surface area contributed by atoms with Crippen LogP contribution in [0.15, 0.2) is 24.3 Å². The lowest BCUT2D eigenvalue weighted by molar-refractivity contribution is -0.140. The van der Waals surface area contributed by atoms with Gasteiger partial charge in [-0.05, 0) is 48.6 Å². The van der Waals surface area contributed by atoms with E-state index in [1.165, 1.54) is 24.7 Å². The first-order chi connectivity index (χ1) is 13.1. The molecule has 5 heteroatoms. The molecule has 5 nitrogen and oxygen atoms in total. The summed E-state index contributed by atoms with van der Waals surface area (Å²) in [5.41, 5.74) is 2.72. The minimum Gasteiger partial charge on any atom is -0.453 e. The Hall–Kier alpha value is -2.04. The number of carbonyl (C=O) groups excluding carboxylic acids is 2. The molecule has 1 aromatic carbocycles. The van der Waals surface area contributed by atoms with E-state index in [0.29, 0.717) is 18.8 Å². The highest BCUT2D eigenvalue weighted by Crippen LogP contribution is 2.59. The normalized spacial score (nSPS) is 33.7. The number of amides is 2. The molecule has 28 heavy (non-hydrogen) atoms. The third-order valence-corrected chi connectivity index (χ3v) is 7.09. The van der Waals surface area contributed by atoms with Crippen molar-refractivity contribution >= 4 is 12.0 Å². The fourth-order valence-corrected chi connectivity index (χ4v) is 5.25. The molecular weight excluding hydrogens is 352 g/mol. The summed E-state index contributed by atoms with van der Waals surface area (Å²) in [4.78, 5) is 26.6. The lowest BCUT2D eigenvalue weighted by Gasteiger charge is -2.45. The van der Waals surface area contributed by atoms with E-state index in [2.05, 4.69) is 60.0 Å². The van der Waals surface area contributed by atoms with Gasteiger partial charge in [0.2, 0.25) is 5.91 Å². The first kappa shape index (κ1) is 19.3. The molecule has 3 fully saturated rings. The van der Waals surface area contributed by atoms with E-state index in [1.807, 2.05) is 6.92 Å². The zero-order chi connectivity index (χ0) is 20.3. The van der Waals surface area contributed by atoms with Gasteiger partial charge in [0, 0.05) is 30.0 Å². The van der Waals surface area contributed by atoms with Crippen LogP contribution in [0.3, 0.4) is 0 Å². The molecule has 0 bridgehead atoms. The topological polar surface area (TPSA) is 58.6 Å². The van der Waals surface area contributed by atoms with Crippen LogP contribution in [0.2, 0.25) is 0 Å². The van der Waals surface area contributed by atoms with Crippen molar-refractivity contribution in [2.24, 2.45) is 11.8 Å². The van der Waals surface area contributed by atoms with Crippen LogP contribution in [0, 0.1) is 11.8 Å². The summed E-state index contributed by atoms with van der Waals surface area (Å²) < 4.78 is 4.69. The van der Waals surface area contributed by atoms with Gasteiger partial charge in [0.25, 0.3) is 0 Å². The van der Waals surface area contributed by atoms with E-state index < -0.39 is 6.09 Å². The second-order valence-corrected chi connectivity index (χ2v) is 10.4. The van der Waals surface area contributed by atoms with Crippen LogP contribution in [0.1, 0.15) is 58.1 Å². The number of fused-ring (bicyclic) bond motifs is 1. The number of alkyl carbamates (subject to hydrolysis) is 1. The van der Waals surface area contributed by atoms with Crippen molar-refractivity contribution in [3.63, 3.8) is 0 Å².